The van der Waals surface area contributed by atoms with Crippen molar-refractivity contribution >= 4 is 17.4 Å². The SMILES string of the molecule is Cc1c(NC(=O)NC2CCCCC2O)cccc1[N+](=O)[O-]. The molecule has 7 nitrogen and oxygen atoms in total. The molecule has 1 aromatic rings. The van der Waals surface area contributed by atoms with Gasteiger partial charge in [0.15, 0.2) is 0 Å². The van der Waals surface area contributed by atoms with Crippen LogP contribution in [-0.2, 0) is 0 Å². The first-order chi connectivity index (χ1) is 9.99. The van der Waals surface area contributed by atoms with Gasteiger partial charge in [-0.3, -0.25) is 10.1 Å². The van der Waals surface area contributed by atoms with Crippen molar-refractivity contribution < 1.29 is 14.8 Å². The van der Waals surface area contributed by atoms with Gasteiger partial charge in [-0.2, -0.15) is 0 Å². The first-order valence-electron chi connectivity index (χ1n) is 6.98. The molecule has 0 aliphatic heterocycles. The fourth-order valence-corrected chi connectivity index (χ4v) is 2.56. The van der Waals surface area contributed by atoms with Crippen LogP contribution in [0.5, 0.6) is 0 Å². The second-order valence-corrected chi connectivity index (χ2v) is 5.26. The molecule has 2 atom stereocenters. The normalized spacial score (nSPS) is 21.6. The number of carbonyl (C=O) groups excluding carboxylic acids is 1. The molecular weight excluding hydrogens is 274 g/mol. The Kier molecular flexibility index (Phi) is 4.74. The van der Waals surface area contributed by atoms with Crippen molar-refractivity contribution in [2.75, 3.05) is 5.32 Å². The van der Waals surface area contributed by atoms with Crippen LogP contribution in [-0.4, -0.2) is 28.2 Å². The van der Waals surface area contributed by atoms with E-state index in [1.54, 1.807) is 13.0 Å². The molecule has 1 aliphatic carbocycles. The molecule has 0 radical (unpaired) electrons. The van der Waals surface area contributed by atoms with Gasteiger partial charge in [0.05, 0.1) is 28.3 Å². The maximum atomic E-state index is 12.0. The van der Waals surface area contributed by atoms with Crippen molar-refractivity contribution in [2.24, 2.45) is 0 Å². The fourth-order valence-electron chi connectivity index (χ4n) is 2.56. The Hall–Kier alpha value is -2.15. The molecule has 1 fully saturated rings. The lowest BCUT2D eigenvalue weighted by atomic mass is 9.93. The monoisotopic (exact) mass is 293 g/mol. The van der Waals surface area contributed by atoms with Crippen molar-refractivity contribution in [1.29, 1.82) is 0 Å². The van der Waals surface area contributed by atoms with Gasteiger partial charge in [-0.05, 0) is 25.8 Å². The van der Waals surface area contributed by atoms with Gasteiger partial charge in [0.2, 0.25) is 0 Å². The van der Waals surface area contributed by atoms with E-state index in [0.29, 0.717) is 17.7 Å². The third-order valence-electron chi connectivity index (χ3n) is 3.80. The largest absolute Gasteiger partial charge is 0.391 e. The van der Waals surface area contributed by atoms with Gasteiger partial charge in [-0.1, -0.05) is 18.9 Å². The molecule has 1 aromatic carbocycles. The van der Waals surface area contributed by atoms with Crippen LogP contribution in [0.2, 0.25) is 0 Å². The molecule has 114 valence electrons. The molecule has 2 rings (SSSR count). The van der Waals surface area contributed by atoms with E-state index < -0.39 is 17.1 Å². The summed E-state index contributed by atoms with van der Waals surface area (Å²) in [5, 5.41) is 26.0. The Morgan fingerprint density at radius 3 is 2.76 bits per heavy atom. The van der Waals surface area contributed by atoms with Gasteiger partial charge in [-0.15, -0.1) is 0 Å². The number of hydrogen-bond acceptors (Lipinski definition) is 4. The van der Waals surface area contributed by atoms with E-state index >= 15 is 0 Å². The standard InChI is InChI=1S/C14H19N3O4/c1-9-10(6-4-7-12(9)17(20)21)15-14(19)16-11-5-2-3-8-13(11)18/h4,6-7,11,13,18H,2-3,5,8H2,1H3,(H2,15,16,19). The summed E-state index contributed by atoms with van der Waals surface area (Å²) in [6.07, 6.45) is 2.82. The second kappa shape index (κ2) is 6.53. The topological polar surface area (TPSA) is 104 Å². The first-order valence-corrected chi connectivity index (χ1v) is 6.98. The smallest absolute Gasteiger partial charge is 0.319 e. The Morgan fingerprint density at radius 2 is 2.10 bits per heavy atom. The number of nitrogens with zero attached hydrogens (tertiary/aromatic N) is 1. The van der Waals surface area contributed by atoms with Gasteiger partial charge >= 0.3 is 6.03 Å². The average molecular weight is 293 g/mol. The molecule has 7 heteroatoms. The minimum Gasteiger partial charge on any atom is -0.391 e. The number of aliphatic hydroxyl groups excluding tert-OH is 1. The predicted octanol–water partition coefficient (Wildman–Crippen LogP) is 2.33. The fraction of sp³-hybridized carbons (Fsp3) is 0.500. The van der Waals surface area contributed by atoms with Crippen molar-refractivity contribution in [3.05, 3.63) is 33.9 Å². The van der Waals surface area contributed by atoms with Crippen molar-refractivity contribution in [2.45, 2.75) is 44.8 Å². The Labute approximate surface area is 122 Å². The number of rotatable bonds is 3. The maximum Gasteiger partial charge on any atom is 0.319 e. The lowest BCUT2D eigenvalue weighted by Crippen LogP contribution is -2.46. The number of benzene rings is 1. The number of carbonyl (C=O) groups is 1. The highest BCUT2D eigenvalue weighted by Crippen LogP contribution is 2.25. The lowest BCUT2D eigenvalue weighted by Gasteiger charge is -2.28. The zero-order valence-electron chi connectivity index (χ0n) is 11.8. The van der Waals surface area contributed by atoms with Crippen LogP contribution >= 0.6 is 0 Å². The molecule has 0 aromatic heterocycles. The van der Waals surface area contributed by atoms with E-state index in [9.17, 15) is 20.0 Å². The molecule has 3 N–H and O–H groups in total. The summed E-state index contributed by atoms with van der Waals surface area (Å²) >= 11 is 0. The van der Waals surface area contributed by atoms with Crippen molar-refractivity contribution in [1.82, 2.24) is 5.32 Å². The van der Waals surface area contributed by atoms with Crippen molar-refractivity contribution in [3.8, 4) is 0 Å². The van der Waals surface area contributed by atoms with Crippen LogP contribution in [0.3, 0.4) is 0 Å². The molecule has 0 spiro atoms. The van der Waals surface area contributed by atoms with Crippen LogP contribution in [0.15, 0.2) is 18.2 Å². The number of urea groups is 1. The predicted molar refractivity (Wildman–Crippen MR) is 78.3 cm³/mol. The molecular formula is C14H19N3O4. The Morgan fingerprint density at radius 1 is 1.38 bits per heavy atom. The highest BCUT2D eigenvalue weighted by Gasteiger charge is 2.24. The summed E-state index contributed by atoms with van der Waals surface area (Å²) in [6, 6.07) is 3.81. The second-order valence-electron chi connectivity index (χ2n) is 5.26. The lowest BCUT2D eigenvalue weighted by molar-refractivity contribution is -0.385. The first kappa shape index (κ1) is 15.2. The molecule has 21 heavy (non-hydrogen) atoms. The molecule has 0 saturated heterocycles. The number of nitro groups is 1. The average Bonchev–Trinajstić information content (AvgIpc) is 2.43. The number of amides is 2. The highest BCUT2D eigenvalue weighted by atomic mass is 16.6. The van der Waals surface area contributed by atoms with E-state index in [2.05, 4.69) is 10.6 Å². The molecule has 1 saturated carbocycles. The maximum absolute atomic E-state index is 12.0. The van der Waals surface area contributed by atoms with Crippen LogP contribution in [0.1, 0.15) is 31.2 Å². The van der Waals surface area contributed by atoms with Gasteiger partial charge in [0.1, 0.15) is 0 Å². The van der Waals surface area contributed by atoms with Crippen LogP contribution in [0.25, 0.3) is 0 Å². The summed E-state index contributed by atoms with van der Waals surface area (Å²) in [7, 11) is 0. The number of anilines is 1. The summed E-state index contributed by atoms with van der Waals surface area (Å²) in [5.74, 6) is 0. The van der Waals surface area contributed by atoms with Crippen LogP contribution in [0.4, 0.5) is 16.2 Å². The number of nitrogens with one attached hydrogen (secondary N) is 2. The van der Waals surface area contributed by atoms with E-state index in [0.717, 1.165) is 19.3 Å². The summed E-state index contributed by atoms with van der Waals surface area (Å²) in [6.45, 7) is 1.59. The third kappa shape index (κ3) is 3.69. The van der Waals surface area contributed by atoms with E-state index in [1.807, 2.05) is 0 Å². The minimum atomic E-state index is -0.532. The van der Waals surface area contributed by atoms with Gasteiger partial charge in [-0.25, -0.2) is 4.79 Å². The highest BCUT2D eigenvalue weighted by molar-refractivity contribution is 5.91. The minimum absolute atomic E-state index is 0.0366. The summed E-state index contributed by atoms with van der Waals surface area (Å²) in [4.78, 5) is 22.3. The zero-order valence-corrected chi connectivity index (χ0v) is 11.8. The number of aliphatic hydroxyl groups is 1. The van der Waals surface area contributed by atoms with Crippen molar-refractivity contribution in [3.63, 3.8) is 0 Å². The zero-order chi connectivity index (χ0) is 15.4. The summed E-state index contributed by atoms with van der Waals surface area (Å²) < 4.78 is 0. The van der Waals surface area contributed by atoms with E-state index in [4.69, 9.17) is 0 Å². The Balaban J connectivity index is 2.02. The molecule has 2 amide bonds. The van der Waals surface area contributed by atoms with Gasteiger partial charge in [0, 0.05) is 6.07 Å². The van der Waals surface area contributed by atoms with Gasteiger partial charge in [0.25, 0.3) is 5.69 Å². The molecule has 2 unspecified atom stereocenters. The number of nitro benzene ring substituents is 1. The quantitative estimate of drug-likeness (QED) is 0.587. The van der Waals surface area contributed by atoms with E-state index in [-0.39, 0.29) is 11.7 Å². The van der Waals surface area contributed by atoms with Crippen LogP contribution in [0, 0.1) is 17.0 Å². The molecule has 0 bridgehead atoms. The van der Waals surface area contributed by atoms with Crippen LogP contribution < -0.4 is 10.6 Å². The molecule has 0 heterocycles. The van der Waals surface area contributed by atoms with E-state index in [1.165, 1.54) is 12.1 Å². The Bertz CT molecular complexity index is 547. The summed E-state index contributed by atoms with van der Waals surface area (Å²) in [5.41, 5.74) is 0.763. The van der Waals surface area contributed by atoms with Gasteiger partial charge < -0.3 is 15.7 Å². The number of hydrogen-bond donors (Lipinski definition) is 3. The third-order valence-corrected chi connectivity index (χ3v) is 3.80. The molecule has 1 aliphatic rings.